The van der Waals surface area contributed by atoms with Crippen LogP contribution in [0.4, 0.5) is 5.82 Å². The van der Waals surface area contributed by atoms with Crippen molar-refractivity contribution in [3.8, 4) is 5.88 Å². The van der Waals surface area contributed by atoms with Gasteiger partial charge in [0.15, 0.2) is 0 Å². The molecule has 116 valence electrons. The van der Waals surface area contributed by atoms with E-state index in [1.807, 2.05) is 12.1 Å². The standard InChI is InChI=1S/C18H23N3O/c19-17-8-5-9-18(20-17)22-13-4-3-11-21-12-10-15-6-1-2-7-16(15)14-21/h1-2,5-9H,3-4,10-14H2,(H2,19,20). The van der Waals surface area contributed by atoms with E-state index in [0.29, 0.717) is 18.3 Å². The van der Waals surface area contributed by atoms with Crippen LogP contribution in [-0.2, 0) is 13.0 Å². The third kappa shape index (κ3) is 3.98. The lowest BCUT2D eigenvalue weighted by Crippen LogP contribution is -2.31. The molecule has 1 aromatic heterocycles. The van der Waals surface area contributed by atoms with Crippen LogP contribution in [0.15, 0.2) is 42.5 Å². The first-order valence-electron chi connectivity index (χ1n) is 7.96. The lowest BCUT2D eigenvalue weighted by atomic mass is 10.00. The minimum atomic E-state index is 0.504. The SMILES string of the molecule is Nc1cccc(OCCCCN2CCc3ccccc3C2)n1. The van der Waals surface area contributed by atoms with Crippen LogP contribution in [0, 0.1) is 0 Å². The largest absolute Gasteiger partial charge is 0.478 e. The Morgan fingerprint density at radius 3 is 2.77 bits per heavy atom. The van der Waals surface area contributed by atoms with Gasteiger partial charge in [-0.05, 0) is 43.0 Å². The molecule has 2 heterocycles. The van der Waals surface area contributed by atoms with Crippen LogP contribution < -0.4 is 10.5 Å². The summed E-state index contributed by atoms with van der Waals surface area (Å²) in [7, 11) is 0. The summed E-state index contributed by atoms with van der Waals surface area (Å²) in [6, 6.07) is 14.2. The second-order valence-electron chi connectivity index (χ2n) is 5.75. The van der Waals surface area contributed by atoms with E-state index < -0.39 is 0 Å². The first kappa shape index (κ1) is 14.9. The summed E-state index contributed by atoms with van der Waals surface area (Å²) in [6.07, 6.45) is 3.35. The van der Waals surface area contributed by atoms with Crippen molar-refractivity contribution in [2.24, 2.45) is 0 Å². The van der Waals surface area contributed by atoms with E-state index in [0.717, 1.165) is 32.5 Å². The number of fused-ring (bicyclic) bond motifs is 1. The summed E-state index contributed by atoms with van der Waals surface area (Å²) in [4.78, 5) is 6.66. The van der Waals surface area contributed by atoms with E-state index in [2.05, 4.69) is 34.1 Å². The zero-order valence-electron chi connectivity index (χ0n) is 12.9. The maximum atomic E-state index is 5.63. The van der Waals surface area contributed by atoms with Gasteiger partial charge in [-0.3, -0.25) is 4.90 Å². The summed E-state index contributed by atoms with van der Waals surface area (Å²) < 4.78 is 5.62. The van der Waals surface area contributed by atoms with E-state index in [-0.39, 0.29) is 0 Å². The van der Waals surface area contributed by atoms with Crippen molar-refractivity contribution in [3.05, 3.63) is 53.6 Å². The van der Waals surface area contributed by atoms with Crippen molar-refractivity contribution >= 4 is 5.82 Å². The number of hydrogen-bond acceptors (Lipinski definition) is 4. The molecule has 1 aromatic carbocycles. The Kier molecular flexibility index (Phi) is 4.91. The Bertz CT molecular complexity index is 615. The Morgan fingerprint density at radius 1 is 1.05 bits per heavy atom. The number of hydrogen-bond donors (Lipinski definition) is 1. The fourth-order valence-electron chi connectivity index (χ4n) is 2.87. The molecule has 0 saturated carbocycles. The van der Waals surface area contributed by atoms with Crippen molar-refractivity contribution < 1.29 is 4.74 Å². The predicted molar refractivity (Wildman–Crippen MR) is 88.8 cm³/mol. The second-order valence-corrected chi connectivity index (χ2v) is 5.75. The molecule has 0 unspecified atom stereocenters. The molecule has 3 rings (SSSR count). The van der Waals surface area contributed by atoms with E-state index in [4.69, 9.17) is 10.5 Å². The minimum Gasteiger partial charge on any atom is -0.478 e. The third-order valence-corrected chi connectivity index (χ3v) is 4.07. The highest BCUT2D eigenvalue weighted by Crippen LogP contribution is 2.18. The van der Waals surface area contributed by atoms with Gasteiger partial charge in [0, 0.05) is 19.2 Å². The maximum absolute atomic E-state index is 5.63. The van der Waals surface area contributed by atoms with Gasteiger partial charge >= 0.3 is 0 Å². The predicted octanol–water partition coefficient (Wildman–Crippen LogP) is 2.88. The normalized spacial score (nSPS) is 14.5. The Balaban J connectivity index is 1.36. The molecule has 22 heavy (non-hydrogen) atoms. The highest BCUT2D eigenvalue weighted by molar-refractivity contribution is 5.31. The molecular formula is C18H23N3O. The number of nitrogens with two attached hydrogens (primary N) is 1. The molecule has 0 saturated heterocycles. The third-order valence-electron chi connectivity index (χ3n) is 4.07. The number of ether oxygens (including phenoxy) is 1. The fourth-order valence-corrected chi connectivity index (χ4v) is 2.87. The average Bonchev–Trinajstić information content (AvgIpc) is 2.54. The molecular weight excluding hydrogens is 274 g/mol. The smallest absolute Gasteiger partial charge is 0.215 e. The quantitative estimate of drug-likeness (QED) is 0.833. The molecule has 4 heteroatoms. The van der Waals surface area contributed by atoms with Crippen molar-refractivity contribution in [1.82, 2.24) is 9.88 Å². The first-order valence-corrected chi connectivity index (χ1v) is 7.96. The number of rotatable bonds is 6. The summed E-state index contributed by atoms with van der Waals surface area (Å²) >= 11 is 0. The Labute approximate surface area is 131 Å². The lowest BCUT2D eigenvalue weighted by Gasteiger charge is -2.28. The molecule has 0 atom stereocenters. The molecule has 0 radical (unpaired) electrons. The van der Waals surface area contributed by atoms with Gasteiger partial charge in [-0.15, -0.1) is 0 Å². The van der Waals surface area contributed by atoms with Crippen LogP contribution >= 0.6 is 0 Å². The van der Waals surface area contributed by atoms with Gasteiger partial charge in [0.05, 0.1) is 6.61 Å². The number of aromatic nitrogens is 1. The summed E-state index contributed by atoms with van der Waals surface area (Å²) in [5.41, 5.74) is 8.62. The molecule has 2 aromatic rings. The molecule has 0 amide bonds. The maximum Gasteiger partial charge on any atom is 0.215 e. The van der Waals surface area contributed by atoms with Crippen LogP contribution in [0.3, 0.4) is 0 Å². The molecule has 0 bridgehead atoms. The molecule has 1 aliphatic heterocycles. The van der Waals surface area contributed by atoms with E-state index in [1.165, 1.54) is 17.5 Å². The van der Waals surface area contributed by atoms with E-state index >= 15 is 0 Å². The Hall–Kier alpha value is -2.07. The number of unbranched alkanes of at least 4 members (excludes halogenated alkanes) is 1. The summed E-state index contributed by atoms with van der Waals surface area (Å²) in [5, 5.41) is 0. The van der Waals surface area contributed by atoms with E-state index in [9.17, 15) is 0 Å². The highest BCUT2D eigenvalue weighted by Gasteiger charge is 2.14. The van der Waals surface area contributed by atoms with Gasteiger partial charge in [-0.25, -0.2) is 0 Å². The van der Waals surface area contributed by atoms with Crippen molar-refractivity contribution in [2.45, 2.75) is 25.8 Å². The Morgan fingerprint density at radius 2 is 1.91 bits per heavy atom. The van der Waals surface area contributed by atoms with Gasteiger partial charge in [-0.1, -0.05) is 30.3 Å². The van der Waals surface area contributed by atoms with Crippen LogP contribution in [0.25, 0.3) is 0 Å². The molecule has 0 aliphatic carbocycles. The number of nitrogen functional groups attached to an aromatic ring is 1. The molecule has 1 aliphatic rings. The lowest BCUT2D eigenvalue weighted by molar-refractivity contribution is 0.233. The zero-order chi connectivity index (χ0) is 15.2. The summed E-state index contributed by atoms with van der Waals surface area (Å²) in [6.45, 7) is 4.06. The van der Waals surface area contributed by atoms with Crippen LogP contribution in [0.1, 0.15) is 24.0 Å². The topological polar surface area (TPSA) is 51.4 Å². The minimum absolute atomic E-state index is 0.504. The van der Waals surface area contributed by atoms with Crippen LogP contribution in [0.2, 0.25) is 0 Å². The monoisotopic (exact) mass is 297 g/mol. The molecule has 2 N–H and O–H groups in total. The van der Waals surface area contributed by atoms with Crippen molar-refractivity contribution in [3.63, 3.8) is 0 Å². The number of nitrogens with zero attached hydrogens (tertiary/aromatic N) is 2. The molecule has 4 nitrogen and oxygen atoms in total. The van der Waals surface area contributed by atoms with Gasteiger partial charge in [0.25, 0.3) is 0 Å². The van der Waals surface area contributed by atoms with Crippen molar-refractivity contribution in [2.75, 3.05) is 25.4 Å². The zero-order valence-corrected chi connectivity index (χ0v) is 12.9. The van der Waals surface area contributed by atoms with Gasteiger partial charge in [-0.2, -0.15) is 4.98 Å². The van der Waals surface area contributed by atoms with Gasteiger partial charge in [0.2, 0.25) is 5.88 Å². The second kappa shape index (κ2) is 7.27. The first-order chi connectivity index (χ1) is 10.8. The number of benzene rings is 1. The van der Waals surface area contributed by atoms with Crippen molar-refractivity contribution in [1.29, 1.82) is 0 Å². The van der Waals surface area contributed by atoms with Crippen LogP contribution in [0.5, 0.6) is 5.88 Å². The molecule has 0 spiro atoms. The average molecular weight is 297 g/mol. The molecule has 0 fully saturated rings. The van der Waals surface area contributed by atoms with Gasteiger partial charge < -0.3 is 10.5 Å². The van der Waals surface area contributed by atoms with Gasteiger partial charge in [0.1, 0.15) is 5.82 Å². The van der Waals surface area contributed by atoms with Crippen LogP contribution in [-0.4, -0.2) is 29.6 Å². The fraction of sp³-hybridized carbons (Fsp3) is 0.389. The number of anilines is 1. The summed E-state index contributed by atoms with van der Waals surface area (Å²) in [5.74, 6) is 1.12. The highest BCUT2D eigenvalue weighted by atomic mass is 16.5. The number of pyridine rings is 1. The van der Waals surface area contributed by atoms with E-state index in [1.54, 1.807) is 6.07 Å².